The molecule has 0 bridgehead atoms. The molecule has 2 rings (SSSR count). The molecule has 1 aromatic rings. The van der Waals surface area contributed by atoms with Gasteiger partial charge >= 0.3 is 17.1 Å². The summed E-state index contributed by atoms with van der Waals surface area (Å²) in [6.45, 7) is 59.0. The Morgan fingerprint density at radius 3 is 1.04 bits per heavy atom. The van der Waals surface area contributed by atoms with Crippen molar-refractivity contribution < 1.29 is 0 Å². The zero-order chi connectivity index (χ0) is 43.9. The first-order valence-electron chi connectivity index (χ1n) is 20.2. The number of rotatable bonds is 10. The molecule has 0 unspecified atom stereocenters. The SMILES string of the molecule is C=CCn1c(=O)n(CC=C)c(=O)n(CCCC(C)(C)C)c1=O.CC(C)(C)C.CC(C)(C)C.CC(C)(C)C.CC(C)(C)C.CC(C)(C)CCCN1C=NCC1. The molecule has 8 nitrogen and oxygen atoms in total. The standard InChI is InChI=1S/C16H25N3O3.C10H20N2.4C5H12/c1-6-10-17-13(20)18(11-7-2)15(22)19(14(17)21)12-8-9-16(3,4)5;1-10(2,3)5-4-7-12-8-6-11-9-12;4*1-5(2,3)4/h6-7H,1-2,8-12H2,3-5H3;9H,4-8H2,1-3H3;4*1-4H3. The number of hydrogen-bond donors (Lipinski definition) is 0. The second-order valence-electron chi connectivity index (χ2n) is 23.2. The predicted molar refractivity (Wildman–Crippen MR) is 242 cm³/mol. The van der Waals surface area contributed by atoms with Crippen molar-refractivity contribution >= 4 is 6.34 Å². The first kappa shape index (κ1) is 58.1. The Hall–Kier alpha value is -2.64. The summed E-state index contributed by atoms with van der Waals surface area (Å²) in [5.41, 5.74) is 0.825. The predicted octanol–water partition coefficient (Wildman–Crippen LogP) is 11.7. The lowest BCUT2D eigenvalue weighted by molar-refractivity contribution is 0.336. The Morgan fingerprint density at radius 2 is 0.796 bits per heavy atom. The van der Waals surface area contributed by atoms with Gasteiger partial charge in [-0.05, 0) is 58.2 Å². The topological polar surface area (TPSA) is 81.6 Å². The van der Waals surface area contributed by atoms with Crippen molar-refractivity contribution in [3.05, 3.63) is 56.8 Å². The van der Waals surface area contributed by atoms with Crippen molar-refractivity contribution in [2.45, 2.75) is 198 Å². The molecule has 1 aliphatic heterocycles. The van der Waals surface area contributed by atoms with Gasteiger partial charge in [0.2, 0.25) is 0 Å². The van der Waals surface area contributed by atoms with Crippen molar-refractivity contribution in [1.29, 1.82) is 0 Å². The summed E-state index contributed by atoms with van der Waals surface area (Å²) < 4.78 is 3.17. The third-order valence-corrected chi connectivity index (χ3v) is 5.45. The first-order chi connectivity index (χ1) is 23.8. The van der Waals surface area contributed by atoms with Crippen LogP contribution in [0, 0.1) is 32.5 Å². The van der Waals surface area contributed by atoms with E-state index in [0.29, 0.717) is 40.0 Å². The third kappa shape index (κ3) is 49.4. The minimum atomic E-state index is -0.623. The van der Waals surface area contributed by atoms with Gasteiger partial charge in [0.15, 0.2) is 0 Å². The summed E-state index contributed by atoms with van der Waals surface area (Å²) in [4.78, 5) is 43.4. The molecule has 0 amide bonds. The van der Waals surface area contributed by atoms with Crippen LogP contribution in [0.1, 0.15) is 178 Å². The van der Waals surface area contributed by atoms with E-state index in [4.69, 9.17) is 0 Å². The lowest BCUT2D eigenvalue weighted by Crippen LogP contribution is -2.54. The van der Waals surface area contributed by atoms with Crippen LogP contribution in [0.2, 0.25) is 0 Å². The fourth-order valence-electron chi connectivity index (χ4n) is 3.61. The van der Waals surface area contributed by atoms with E-state index in [-0.39, 0.29) is 18.5 Å². The highest BCUT2D eigenvalue weighted by Crippen LogP contribution is 2.21. The van der Waals surface area contributed by atoms with Gasteiger partial charge in [-0.1, -0.05) is 164 Å². The quantitative estimate of drug-likeness (QED) is 0.222. The lowest BCUT2D eigenvalue weighted by atomic mass is 9.90. The Kier molecular flexibility index (Phi) is 28.2. The van der Waals surface area contributed by atoms with E-state index in [1.807, 2.05) is 6.34 Å². The van der Waals surface area contributed by atoms with E-state index in [1.54, 1.807) is 0 Å². The highest BCUT2D eigenvalue weighted by molar-refractivity contribution is 5.56. The molecule has 320 valence electrons. The second-order valence-corrected chi connectivity index (χ2v) is 23.2. The maximum Gasteiger partial charge on any atom is 0.336 e. The van der Waals surface area contributed by atoms with Gasteiger partial charge in [-0.15, -0.1) is 13.2 Å². The van der Waals surface area contributed by atoms with Crippen LogP contribution >= 0.6 is 0 Å². The van der Waals surface area contributed by atoms with E-state index < -0.39 is 17.1 Å². The van der Waals surface area contributed by atoms with Gasteiger partial charge < -0.3 is 4.90 Å². The molecule has 0 saturated heterocycles. The summed E-state index contributed by atoms with van der Waals surface area (Å²) in [7, 11) is 0. The van der Waals surface area contributed by atoms with Crippen LogP contribution in [0.5, 0.6) is 0 Å². The van der Waals surface area contributed by atoms with Gasteiger partial charge in [0, 0.05) is 19.6 Å². The second kappa shape index (κ2) is 26.3. The summed E-state index contributed by atoms with van der Waals surface area (Å²) in [6, 6.07) is 0. The Morgan fingerprint density at radius 1 is 0.519 bits per heavy atom. The molecular weight excluding hydrogens is 671 g/mol. The molecule has 2 heterocycles. The Bertz CT molecular complexity index is 1230. The highest BCUT2D eigenvalue weighted by Gasteiger charge is 2.16. The van der Waals surface area contributed by atoms with Crippen LogP contribution in [-0.4, -0.2) is 44.6 Å². The minimum absolute atomic E-state index is 0.0777. The number of allylic oxidation sites excluding steroid dienone is 2. The van der Waals surface area contributed by atoms with E-state index in [1.165, 1.54) is 31.5 Å². The van der Waals surface area contributed by atoms with Crippen molar-refractivity contribution in [3.8, 4) is 0 Å². The van der Waals surface area contributed by atoms with Gasteiger partial charge in [0.25, 0.3) is 0 Å². The third-order valence-electron chi connectivity index (χ3n) is 5.45. The van der Waals surface area contributed by atoms with Crippen molar-refractivity contribution in [2.75, 3.05) is 19.6 Å². The average Bonchev–Trinajstić information content (AvgIpc) is 3.40. The molecule has 0 aromatic carbocycles. The van der Waals surface area contributed by atoms with Crippen LogP contribution in [0.25, 0.3) is 0 Å². The lowest BCUT2D eigenvalue weighted by Gasteiger charge is -2.20. The van der Waals surface area contributed by atoms with E-state index in [0.717, 1.165) is 33.2 Å². The molecule has 0 aliphatic carbocycles. The van der Waals surface area contributed by atoms with Crippen LogP contribution in [0.3, 0.4) is 0 Å². The number of aromatic nitrogens is 3. The Labute approximate surface area is 335 Å². The normalized spacial score (nSPS) is 13.0. The summed E-state index contributed by atoms with van der Waals surface area (Å²) >= 11 is 0. The monoisotopic (exact) mass is 764 g/mol. The molecule has 0 saturated carbocycles. The van der Waals surface area contributed by atoms with Gasteiger partial charge in [0.05, 0.1) is 26.0 Å². The maximum atomic E-state index is 12.4. The molecule has 0 fully saturated rings. The molecule has 0 spiro atoms. The van der Waals surface area contributed by atoms with E-state index in [2.05, 4.69) is 175 Å². The van der Waals surface area contributed by atoms with E-state index in [9.17, 15) is 14.4 Å². The summed E-state index contributed by atoms with van der Waals surface area (Å²) in [5.74, 6) is 0. The summed E-state index contributed by atoms with van der Waals surface area (Å²) in [6.07, 6.45) is 9.07. The summed E-state index contributed by atoms with van der Waals surface area (Å²) in [5, 5.41) is 0. The van der Waals surface area contributed by atoms with Crippen molar-refractivity contribution in [2.24, 2.45) is 37.5 Å². The molecule has 0 N–H and O–H groups in total. The molecule has 54 heavy (non-hydrogen) atoms. The molecule has 0 atom stereocenters. The molecule has 1 aromatic heterocycles. The fourth-order valence-corrected chi connectivity index (χ4v) is 3.61. The highest BCUT2D eigenvalue weighted by atomic mass is 16.2. The van der Waals surface area contributed by atoms with Crippen LogP contribution < -0.4 is 17.1 Å². The van der Waals surface area contributed by atoms with Crippen molar-refractivity contribution in [1.82, 2.24) is 18.6 Å². The molecule has 0 radical (unpaired) electrons. The zero-order valence-corrected chi connectivity index (χ0v) is 40.2. The molecular formula is C46H93N5O3. The first-order valence-corrected chi connectivity index (χ1v) is 20.2. The smallest absolute Gasteiger partial charge is 0.336 e. The molecule has 1 aliphatic rings. The average molecular weight is 764 g/mol. The fraction of sp³-hybridized carbons (Fsp3) is 0.826. The number of aliphatic imine (C=N–C) groups is 1. The van der Waals surface area contributed by atoms with Gasteiger partial charge in [-0.25, -0.2) is 28.1 Å². The maximum absolute atomic E-state index is 12.4. The van der Waals surface area contributed by atoms with Crippen LogP contribution in [0.4, 0.5) is 0 Å². The minimum Gasteiger partial charge on any atom is -0.361 e. The van der Waals surface area contributed by atoms with Gasteiger partial charge in [-0.2, -0.15) is 0 Å². The Balaban J connectivity index is -0.000000325. The van der Waals surface area contributed by atoms with Crippen LogP contribution in [0.15, 0.2) is 44.7 Å². The molecule has 8 heteroatoms. The van der Waals surface area contributed by atoms with Gasteiger partial charge in [0.1, 0.15) is 0 Å². The van der Waals surface area contributed by atoms with Crippen molar-refractivity contribution in [3.63, 3.8) is 0 Å². The van der Waals surface area contributed by atoms with E-state index >= 15 is 0 Å². The van der Waals surface area contributed by atoms with Gasteiger partial charge in [-0.3, -0.25) is 4.99 Å². The largest absolute Gasteiger partial charge is 0.361 e. The number of hydrogen-bond acceptors (Lipinski definition) is 5. The number of nitrogens with zero attached hydrogens (tertiary/aromatic N) is 5. The van der Waals surface area contributed by atoms with Crippen LogP contribution in [-0.2, 0) is 19.6 Å². The zero-order valence-electron chi connectivity index (χ0n) is 40.2.